The number of benzene rings is 1. The summed E-state index contributed by atoms with van der Waals surface area (Å²) in [5.74, 6) is 0.863. The van der Waals surface area contributed by atoms with E-state index < -0.39 is 0 Å². The van der Waals surface area contributed by atoms with Gasteiger partial charge in [-0.15, -0.1) is 0 Å². The van der Waals surface area contributed by atoms with Gasteiger partial charge in [0, 0.05) is 17.1 Å². The number of anilines is 1. The van der Waals surface area contributed by atoms with Crippen molar-refractivity contribution in [1.82, 2.24) is 24.7 Å². The van der Waals surface area contributed by atoms with Crippen LogP contribution in [0.3, 0.4) is 0 Å². The second-order valence-electron chi connectivity index (χ2n) is 7.54. The maximum Gasteiger partial charge on any atom is 0.265 e. The van der Waals surface area contributed by atoms with E-state index in [1.165, 1.54) is 4.57 Å². The molecule has 1 aromatic carbocycles. The number of aryl methyl sites for hydroxylation is 1. The molecule has 1 fully saturated rings. The van der Waals surface area contributed by atoms with Gasteiger partial charge in [-0.2, -0.15) is 9.97 Å². The first kappa shape index (κ1) is 19.7. The summed E-state index contributed by atoms with van der Waals surface area (Å²) in [7, 11) is 0. The average molecular weight is 439 g/mol. The van der Waals surface area contributed by atoms with E-state index in [4.69, 9.17) is 26.6 Å². The molecule has 0 radical (unpaired) electrons. The molecule has 0 spiro atoms. The summed E-state index contributed by atoms with van der Waals surface area (Å²) in [5.41, 5.74) is 7.86. The summed E-state index contributed by atoms with van der Waals surface area (Å²) in [6.07, 6.45) is 2.27. The van der Waals surface area contributed by atoms with E-state index in [-0.39, 0.29) is 36.0 Å². The van der Waals surface area contributed by atoms with Crippen molar-refractivity contribution in [1.29, 1.82) is 0 Å². The van der Waals surface area contributed by atoms with Gasteiger partial charge in [-0.25, -0.2) is 4.98 Å². The van der Waals surface area contributed by atoms with Crippen molar-refractivity contribution in [3.63, 3.8) is 0 Å². The minimum Gasteiger partial charge on any atom is -0.373 e. The third-order valence-electron chi connectivity index (χ3n) is 5.48. The van der Waals surface area contributed by atoms with Crippen LogP contribution >= 0.6 is 11.6 Å². The Morgan fingerprint density at radius 2 is 2.03 bits per heavy atom. The van der Waals surface area contributed by atoms with E-state index >= 15 is 0 Å². The van der Waals surface area contributed by atoms with Crippen molar-refractivity contribution < 1.29 is 9.26 Å². The average Bonchev–Trinajstić information content (AvgIpc) is 3.41. The third-order valence-corrected chi connectivity index (χ3v) is 5.73. The molecule has 2 atom stereocenters. The molecule has 0 amide bonds. The van der Waals surface area contributed by atoms with Gasteiger partial charge >= 0.3 is 0 Å². The van der Waals surface area contributed by atoms with Crippen LogP contribution in [0.2, 0.25) is 5.02 Å². The van der Waals surface area contributed by atoms with Gasteiger partial charge < -0.3 is 15.0 Å². The minimum absolute atomic E-state index is 0.00609. The van der Waals surface area contributed by atoms with Gasteiger partial charge in [-0.05, 0) is 42.7 Å². The molecule has 4 aromatic rings. The van der Waals surface area contributed by atoms with E-state index in [2.05, 4.69) is 20.1 Å². The first-order valence-electron chi connectivity index (χ1n) is 9.81. The lowest BCUT2D eigenvalue weighted by Gasteiger charge is -2.09. The van der Waals surface area contributed by atoms with E-state index in [0.29, 0.717) is 28.5 Å². The molecule has 1 aliphatic heterocycles. The van der Waals surface area contributed by atoms with Gasteiger partial charge in [0.05, 0.1) is 18.1 Å². The van der Waals surface area contributed by atoms with Crippen molar-refractivity contribution >= 4 is 28.6 Å². The summed E-state index contributed by atoms with van der Waals surface area (Å²) in [6, 6.07) is 9.35. The lowest BCUT2D eigenvalue weighted by atomic mass is 10.0. The molecule has 2 N–H and O–H groups in total. The predicted octanol–water partition coefficient (Wildman–Crippen LogP) is 3.01. The minimum atomic E-state index is -0.292. The number of hydrogen-bond donors (Lipinski definition) is 1. The fourth-order valence-corrected chi connectivity index (χ4v) is 3.93. The molecule has 4 heterocycles. The number of rotatable bonds is 4. The molecular weight excluding hydrogens is 420 g/mol. The monoisotopic (exact) mass is 438 g/mol. The van der Waals surface area contributed by atoms with Crippen LogP contribution in [-0.4, -0.2) is 31.3 Å². The maximum absolute atomic E-state index is 12.9. The Kier molecular flexibility index (Phi) is 4.91. The largest absolute Gasteiger partial charge is 0.373 e. The van der Waals surface area contributed by atoms with Crippen molar-refractivity contribution in [2.75, 3.05) is 12.3 Å². The van der Waals surface area contributed by atoms with Gasteiger partial charge in [-0.1, -0.05) is 28.9 Å². The maximum atomic E-state index is 12.9. The Morgan fingerprint density at radius 1 is 1.23 bits per heavy atom. The number of pyridine rings is 1. The Hall–Kier alpha value is -3.30. The number of halogens is 1. The summed E-state index contributed by atoms with van der Waals surface area (Å²) >= 11 is 5.96. The summed E-state index contributed by atoms with van der Waals surface area (Å²) in [5, 5.41) is 5.21. The summed E-state index contributed by atoms with van der Waals surface area (Å²) < 4.78 is 12.6. The molecule has 0 unspecified atom stereocenters. The number of ether oxygens (including phenoxy) is 1. The van der Waals surface area contributed by atoms with Crippen LogP contribution in [0.25, 0.3) is 11.0 Å². The molecule has 5 rings (SSSR count). The highest BCUT2D eigenvalue weighted by Gasteiger charge is 2.31. The number of nitrogens with two attached hydrogens (primary N) is 1. The van der Waals surface area contributed by atoms with Crippen molar-refractivity contribution in [3.05, 3.63) is 74.7 Å². The zero-order valence-corrected chi connectivity index (χ0v) is 17.4. The molecule has 1 aliphatic rings. The molecule has 3 aromatic heterocycles. The van der Waals surface area contributed by atoms with Crippen molar-refractivity contribution in [2.45, 2.75) is 31.9 Å². The van der Waals surface area contributed by atoms with Crippen LogP contribution in [0.15, 0.2) is 45.8 Å². The first-order chi connectivity index (χ1) is 15.0. The summed E-state index contributed by atoms with van der Waals surface area (Å²) in [4.78, 5) is 25.8. The first-order valence-corrected chi connectivity index (χ1v) is 10.2. The van der Waals surface area contributed by atoms with Gasteiger partial charge in [-0.3, -0.25) is 9.36 Å². The smallest absolute Gasteiger partial charge is 0.265 e. The Bertz CT molecular complexity index is 1320. The predicted molar refractivity (Wildman–Crippen MR) is 114 cm³/mol. The van der Waals surface area contributed by atoms with Crippen molar-refractivity contribution in [2.24, 2.45) is 0 Å². The number of fused-ring (bicyclic) bond motifs is 1. The topological polar surface area (TPSA) is 122 Å². The van der Waals surface area contributed by atoms with Crippen LogP contribution in [0, 0.1) is 6.92 Å². The van der Waals surface area contributed by atoms with E-state index in [1.54, 1.807) is 12.3 Å². The number of nitrogens with zero attached hydrogens (tertiary/aromatic N) is 5. The van der Waals surface area contributed by atoms with Crippen LogP contribution in [0.4, 0.5) is 5.95 Å². The van der Waals surface area contributed by atoms with Crippen LogP contribution in [0.1, 0.15) is 41.3 Å². The molecule has 10 heteroatoms. The fourth-order valence-electron chi connectivity index (χ4n) is 3.80. The lowest BCUT2D eigenvalue weighted by molar-refractivity contribution is 0.110. The van der Waals surface area contributed by atoms with E-state index in [1.807, 2.05) is 31.2 Å². The molecule has 0 saturated carbocycles. The highest BCUT2D eigenvalue weighted by molar-refractivity contribution is 6.30. The van der Waals surface area contributed by atoms with E-state index in [0.717, 1.165) is 17.5 Å². The van der Waals surface area contributed by atoms with Crippen LogP contribution in [0.5, 0.6) is 0 Å². The van der Waals surface area contributed by atoms with Gasteiger partial charge in [0.1, 0.15) is 6.54 Å². The Balaban J connectivity index is 1.37. The zero-order valence-electron chi connectivity index (χ0n) is 16.7. The van der Waals surface area contributed by atoms with E-state index in [9.17, 15) is 4.79 Å². The van der Waals surface area contributed by atoms with Crippen LogP contribution < -0.4 is 11.3 Å². The third kappa shape index (κ3) is 3.66. The molecule has 0 aliphatic carbocycles. The van der Waals surface area contributed by atoms with Gasteiger partial charge in [0.25, 0.3) is 5.56 Å². The SMILES string of the molecule is Cc1ccnc2nc(N)n(Cc3nc([C@@H]4CO[C@@H](c5ccc(Cl)cc5)C4)no3)c(=O)c12. The molecule has 1 saturated heterocycles. The van der Waals surface area contributed by atoms with Gasteiger partial charge in [0.2, 0.25) is 11.8 Å². The van der Waals surface area contributed by atoms with Crippen LogP contribution in [-0.2, 0) is 11.3 Å². The molecule has 31 heavy (non-hydrogen) atoms. The zero-order chi connectivity index (χ0) is 21.5. The molecular formula is C21H19ClN6O3. The number of nitrogen functional groups attached to an aromatic ring is 1. The highest BCUT2D eigenvalue weighted by Crippen LogP contribution is 2.37. The quantitative estimate of drug-likeness (QED) is 0.516. The number of aromatic nitrogens is 5. The normalized spacial score (nSPS) is 18.6. The van der Waals surface area contributed by atoms with Crippen molar-refractivity contribution in [3.8, 4) is 0 Å². The lowest BCUT2D eigenvalue weighted by Crippen LogP contribution is -2.26. The standard InChI is InChI=1S/C21H19ClN6O3/c1-11-6-7-24-19-17(11)20(29)28(21(23)26-19)9-16-25-18(27-31-16)13-8-15(30-10-13)12-2-4-14(22)5-3-12/h2-7,13,15H,8-10H2,1H3,(H2,23,24,26)/t13-,15+/m0/s1. The number of hydrogen-bond acceptors (Lipinski definition) is 8. The molecule has 158 valence electrons. The fraction of sp³-hybridized carbons (Fsp3) is 0.286. The van der Waals surface area contributed by atoms with Gasteiger partial charge in [0.15, 0.2) is 11.5 Å². The highest BCUT2D eigenvalue weighted by atomic mass is 35.5. The Labute approximate surface area is 181 Å². The molecule has 9 nitrogen and oxygen atoms in total. The second kappa shape index (κ2) is 7.75. The second-order valence-corrected chi connectivity index (χ2v) is 7.98. The molecule has 0 bridgehead atoms. The summed E-state index contributed by atoms with van der Waals surface area (Å²) in [6.45, 7) is 2.34. The Morgan fingerprint density at radius 3 is 2.84 bits per heavy atom.